The molecular weight excluding hydrogens is 330 g/mol. The predicted molar refractivity (Wildman–Crippen MR) is 93.1 cm³/mol. The summed E-state index contributed by atoms with van der Waals surface area (Å²) in [5.41, 5.74) is 0.760. The smallest absolute Gasteiger partial charge is 0.254 e. The van der Waals surface area contributed by atoms with Crippen LogP contribution < -0.4 is 10.9 Å². The molecular formula is C16H19N3O2S2. The Morgan fingerprint density at radius 3 is 3.04 bits per heavy atom. The van der Waals surface area contributed by atoms with Crippen LogP contribution in [0.3, 0.4) is 0 Å². The molecule has 2 aromatic rings. The Kier molecular flexibility index (Phi) is 4.87. The average Bonchev–Trinajstić information content (AvgIpc) is 3.15. The van der Waals surface area contributed by atoms with E-state index in [1.54, 1.807) is 33.7 Å². The van der Waals surface area contributed by atoms with Gasteiger partial charge in [0.25, 0.3) is 5.56 Å². The molecule has 0 bridgehead atoms. The Hall–Kier alpha value is -1.60. The number of hydrogen-bond acceptors (Lipinski definition) is 5. The molecule has 0 radical (unpaired) electrons. The molecule has 1 N–H and O–H groups in total. The number of nitrogens with zero attached hydrogens (tertiary/aromatic N) is 2. The monoisotopic (exact) mass is 349 g/mol. The van der Waals surface area contributed by atoms with E-state index in [-0.39, 0.29) is 23.4 Å². The zero-order chi connectivity index (χ0) is 16.4. The van der Waals surface area contributed by atoms with Crippen molar-refractivity contribution in [3.63, 3.8) is 0 Å². The lowest BCUT2D eigenvalue weighted by molar-refractivity contribution is -0.121. The molecule has 0 aliphatic carbocycles. The van der Waals surface area contributed by atoms with Crippen molar-refractivity contribution < 1.29 is 4.79 Å². The molecule has 1 aliphatic rings. The SMILES string of the molecule is CC(C)c1cc(=O)n2c(n1)SCC2CC(=O)NCc1cccs1. The molecule has 2 aromatic heterocycles. The summed E-state index contributed by atoms with van der Waals surface area (Å²) in [6.45, 7) is 4.59. The van der Waals surface area contributed by atoms with Crippen LogP contribution in [-0.4, -0.2) is 21.2 Å². The number of nitrogens with one attached hydrogen (secondary N) is 1. The first-order valence-corrected chi connectivity index (χ1v) is 9.46. The Morgan fingerprint density at radius 2 is 2.35 bits per heavy atom. The standard InChI is InChI=1S/C16H19N3O2S2/c1-10(2)13-7-15(21)19-11(9-23-16(19)18-13)6-14(20)17-8-12-4-3-5-22-12/h3-5,7,10-11H,6,8-9H2,1-2H3,(H,17,20). The molecule has 0 saturated carbocycles. The summed E-state index contributed by atoms with van der Waals surface area (Å²) in [7, 11) is 0. The maximum absolute atomic E-state index is 12.4. The minimum absolute atomic E-state index is 0.0308. The van der Waals surface area contributed by atoms with Gasteiger partial charge >= 0.3 is 0 Å². The highest BCUT2D eigenvalue weighted by Crippen LogP contribution is 2.32. The minimum Gasteiger partial charge on any atom is -0.351 e. The van der Waals surface area contributed by atoms with Gasteiger partial charge in [0, 0.05) is 23.1 Å². The summed E-state index contributed by atoms with van der Waals surface area (Å²) in [5.74, 6) is 0.912. The summed E-state index contributed by atoms with van der Waals surface area (Å²) in [6.07, 6.45) is 0.313. The van der Waals surface area contributed by atoms with Crippen molar-refractivity contribution in [3.8, 4) is 0 Å². The van der Waals surface area contributed by atoms with Crippen LogP contribution in [0.5, 0.6) is 0 Å². The predicted octanol–water partition coefficient (Wildman–Crippen LogP) is 2.78. The van der Waals surface area contributed by atoms with E-state index in [0.29, 0.717) is 13.0 Å². The van der Waals surface area contributed by atoms with E-state index in [9.17, 15) is 9.59 Å². The third-order valence-electron chi connectivity index (χ3n) is 3.76. The van der Waals surface area contributed by atoms with E-state index in [1.165, 1.54) is 0 Å². The topological polar surface area (TPSA) is 64.0 Å². The van der Waals surface area contributed by atoms with Gasteiger partial charge < -0.3 is 5.32 Å². The largest absolute Gasteiger partial charge is 0.351 e. The zero-order valence-electron chi connectivity index (χ0n) is 13.1. The van der Waals surface area contributed by atoms with Crippen molar-refractivity contribution in [2.24, 2.45) is 0 Å². The number of aromatic nitrogens is 2. The molecule has 1 amide bonds. The van der Waals surface area contributed by atoms with Crippen LogP contribution in [0.1, 0.15) is 42.8 Å². The normalized spacial score (nSPS) is 16.6. The molecule has 5 nitrogen and oxygen atoms in total. The number of amides is 1. The number of thiophene rings is 1. The Balaban J connectivity index is 1.68. The lowest BCUT2D eigenvalue weighted by Gasteiger charge is -2.14. The molecule has 122 valence electrons. The van der Waals surface area contributed by atoms with Crippen LogP contribution in [0, 0.1) is 0 Å². The maximum atomic E-state index is 12.4. The molecule has 3 rings (SSSR count). The van der Waals surface area contributed by atoms with Gasteiger partial charge in [0.1, 0.15) is 0 Å². The van der Waals surface area contributed by atoms with E-state index in [1.807, 2.05) is 31.4 Å². The Bertz CT molecular complexity index is 753. The van der Waals surface area contributed by atoms with Gasteiger partial charge in [-0.2, -0.15) is 0 Å². The van der Waals surface area contributed by atoms with Crippen molar-refractivity contribution in [3.05, 3.63) is 44.5 Å². The highest BCUT2D eigenvalue weighted by atomic mass is 32.2. The molecule has 23 heavy (non-hydrogen) atoms. The van der Waals surface area contributed by atoms with E-state index in [2.05, 4.69) is 10.3 Å². The fourth-order valence-electron chi connectivity index (χ4n) is 2.50. The van der Waals surface area contributed by atoms with Gasteiger partial charge in [-0.1, -0.05) is 31.7 Å². The quantitative estimate of drug-likeness (QED) is 0.843. The van der Waals surface area contributed by atoms with Gasteiger partial charge in [-0.3, -0.25) is 14.2 Å². The molecule has 1 atom stereocenters. The zero-order valence-corrected chi connectivity index (χ0v) is 14.7. The van der Waals surface area contributed by atoms with Gasteiger partial charge in [0.2, 0.25) is 5.91 Å². The van der Waals surface area contributed by atoms with Crippen molar-refractivity contribution >= 4 is 29.0 Å². The molecule has 7 heteroatoms. The molecule has 3 heterocycles. The lowest BCUT2D eigenvalue weighted by atomic mass is 10.1. The number of hydrogen-bond donors (Lipinski definition) is 1. The molecule has 0 fully saturated rings. The lowest BCUT2D eigenvalue weighted by Crippen LogP contribution is -2.30. The van der Waals surface area contributed by atoms with E-state index < -0.39 is 0 Å². The molecule has 0 saturated heterocycles. The second kappa shape index (κ2) is 6.88. The average molecular weight is 349 g/mol. The number of carbonyl (C=O) groups is 1. The van der Waals surface area contributed by atoms with Crippen molar-refractivity contribution in [1.29, 1.82) is 0 Å². The van der Waals surface area contributed by atoms with Crippen molar-refractivity contribution in [1.82, 2.24) is 14.9 Å². The first-order valence-electron chi connectivity index (χ1n) is 7.60. The summed E-state index contributed by atoms with van der Waals surface area (Å²) in [4.78, 5) is 30.2. The third kappa shape index (κ3) is 3.67. The van der Waals surface area contributed by atoms with Crippen LogP contribution >= 0.6 is 23.1 Å². The van der Waals surface area contributed by atoms with Crippen molar-refractivity contribution in [2.45, 2.75) is 43.9 Å². The Morgan fingerprint density at radius 1 is 1.52 bits per heavy atom. The van der Waals surface area contributed by atoms with E-state index >= 15 is 0 Å². The summed E-state index contributed by atoms with van der Waals surface area (Å²) in [6, 6.07) is 5.44. The fourth-order valence-corrected chi connectivity index (χ4v) is 4.30. The number of rotatable bonds is 5. The first kappa shape index (κ1) is 16.3. The van der Waals surface area contributed by atoms with E-state index in [4.69, 9.17) is 0 Å². The van der Waals surface area contributed by atoms with Gasteiger partial charge in [-0.15, -0.1) is 11.3 Å². The van der Waals surface area contributed by atoms with Crippen LogP contribution in [0.25, 0.3) is 0 Å². The summed E-state index contributed by atoms with van der Waals surface area (Å²) < 4.78 is 1.67. The number of fused-ring (bicyclic) bond motifs is 1. The maximum Gasteiger partial charge on any atom is 0.254 e. The second-order valence-corrected chi connectivity index (χ2v) is 7.87. The molecule has 0 spiro atoms. The van der Waals surface area contributed by atoms with Crippen LogP contribution in [-0.2, 0) is 11.3 Å². The first-order chi connectivity index (χ1) is 11.0. The van der Waals surface area contributed by atoms with Gasteiger partial charge in [0.15, 0.2) is 5.16 Å². The summed E-state index contributed by atoms with van der Waals surface area (Å²) >= 11 is 3.17. The number of carbonyl (C=O) groups excluding carboxylic acids is 1. The van der Waals surface area contributed by atoms with Gasteiger partial charge in [0.05, 0.1) is 18.3 Å². The summed E-state index contributed by atoms with van der Waals surface area (Å²) in [5, 5.41) is 5.64. The molecule has 0 aromatic carbocycles. The molecule has 1 unspecified atom stereocenters. The van der Waals surface area contributed by atoms with Gasteiger partial charge in [-0.05, 0) is 17.4 Å². The van der Waals surface area contributed by atoms with Gasteiger partial charge in [-0.25, -0.2) is 4.98 Å². The minimum atomic E-state index is -0.112. The highest BCUT2D eigenvalue weighted by molar-refractivity contribution is 7.99. The second-order valence-electron chi connectivity index (χ2n) is 5.85. The van der Waals surface area contributed by atoms with Crippen LogP contribution in [0.4, 0.5) is 0 Å². The fraction of sp³-hybridized carbons (Fsp3) is 0.438. The highest BCUT2D eigenvalue weighted by Gasteiger charge is 2.27. The number of thioether (sulfide) groups is 1. The molecule has 1 aliphatic heterocycles. The van der Waals surface area contributed by atoms with Crippen LogP contribution in [0.2, 0.25) is 0 Å². The van der Waals surface area contributed by atoms with E-state index in [0.717, 1.165) is 21.5 Å². The van der Waals surface area contributed by atoms with Crippen molar-refractivity contribution in [2.75, 3.05) is 5.75 Å². The third-order valence-corrected chi connectivity index (χ3v) is 5.74. The van der Waals surface area contributed by atoms with Crippen LogP contribution in [0.15, 0.2) is 33.5 Å². The Labute approximate surface area is 143 Å².